The van der Waals surface area contributed by atoms with Crippen molar-refractivity contribution in [2.75, 3.05) is 5.73 Å². The Morgan fingerprint density at radius 2 is 2.10 bits per heavy atom. The molecule has 0 aliphatic rings. The minimum atomic E-state index is -1.48. The Kier molecular flexibility index (Phi) is 3.65. The fourth-order valence-electron chi connectivity index (χ4n) is 1.96. The summed E-state index contributed by atoms with van der Waals surface area (Å²) in [6.07, 6.45) is 0. The highest BCUT2D eigenvalue weighted by molar-refractivity contribution is 7.84. The molecule has 4 nitrogen and oxygen atoms in total. The SMILES string of the molecule is Nc1ccc2nc(S(=O)Cc3ccc(Cl)cc3F)[nH]c2c1. The number of H-pyrrole nitrogens is 1. The topological polar surface area (TPSA) is 71.8 Å². The number of rotatable bonds is 3. The number of nitrogens with two attached hydrogens (primary N) is 1. The van der Waals surface area contributed by atoms with Crippen LogP contribution in [0.2, 0.25) is 5.02 Å². The van der Waals surface area contributed by atoms with Gasteiger partial charge in [-0.25, -0.2) is 9.37 Å². The quantitative estimate of drug-likeness (QED) is 0.727. The molecule has 3 aromatic rings. The second-order valence-electron chi connectivity index (χ2n) is 4.54. The van der Waals surface area contributed by atoms with E-state index in [2.05, 4.69) is 9.97 Å². The highest BCUT2D eigenvalue weighted by Crippen LogP contribution is 2.20. The van der Waals surface area contributed by atoms with Gasteiger partial charge in [-0.15, -0.1) is 0 Å². The maximum Gasteiger partial charge on any atom is 0.197 e. The molecular formula is C14H11ClFN3OS. The fraction of sp³-hybridized carbons (Fsp3) is 0.0714. The van der Waals surface area contributed by atoms with Crippen LogP contribution in [0.25, 0.3) is 11.0 Å². The van der Waals surface area contributed by atoms with Gasteiger partial charge < -0.3 is 10.7 Å². The maximum atomic E-state index is 13.7. The zero-order valence-corrected chi connectivity index (χ0v) is 12.3. The number of fused-ring (bicyclic) bond motifs is 1. The third-order valence-corrected chi connectivity index (χ3v) is 4.43. The number of aromatic nitrogens is 2. The first-order valence-electron chi connectivity index (χ1n) is 6.10. The Morgan fingerprint density at radius 1 is 1.29 bits per heavy atom. The van der Waals surface area contributed by atoms with Crippen LogP contribution in [0.4, 0.5) is 10.1 Å². The van der Waals surface area contributed by atoms with Crippen LogP contribution >= 0.6 is 11.6 Å². The standard InChI is InChI=1S/C14H11ClFN3OS/c15-9-2-1-8(11(16)5-9)7-21(20)14-18-12-4-3-10(17)6-13(12)19-14/h1-6H,7,17H2,(H,18,19). The van der Waals surface area contributed by atoms with E-state index in [0.29, 0.717) is 32.5 Å². The van der Waals surface area contributed by atoms with Gasteiger partial charge in [0.25, 0.3) is 0 Å². The van der Waals surface area contributed by atoms with Gasteiger partial charge in [0.1, 0.15) is 5.82 Å². The molecule has 0 fully saturated rings. The van der Waals surface area contributed by atoms with E-state index in [9.17, 15) is 8.60 Å². The van der Waals surface area contributed by atoms with Crippen molar-refractivity contribution in [2.24, 2.45) is 0 Å². The molecule has 0 radical (unpaired) electrons. The molecule has 0 aliphatic heterocycles. The summed E-state index contributed by atoms with van der Waals surface area (Å²) in [6, 6.07) is 9.46. The zero-order valence-electron chi connectivity index (χ0n) is 10.8. The van der Waals surface area contributed by atoms with E-state index >= 15 is 0 Å². The summed E-state index contributed by atoms with van der Waals surface area (Å²) < 4.78 is 26.0. The smallest absolute Gasteiger partial charge is 0.197 e. The number of imidazole rings is 1. The average molecular weight is 324 g/mol. The number of hydrogen-bond donors (Lipinski definition) is 2. The van der Waals surface area contributed by atoms with Crippen molar-refractivity contribution in [2.45, 2.75) is 10.9 Å². The number of nitrogens with one attached hydrogen (secondary N) is 1. The Labute approximate surface area is 127 Å². The largest absolute Gasteiger partial charge is 0.399 e. The molecule has 21 heavy (non-hydrogen) atoms. The van der Waals surface area contributed by atoms with Crippen LogP contribution in [0, 0.1) is 5.82 Å². The van der Waals surface area contributed by atoms with Gasteiger partial charge in [-0.3, -0.25) is 4.21 Å². The summed E-state index contributed by atoms with van der Waals surface area (Å²) in [5, 5.41) is 0.603. The van der Waals surface area contributed by atoms with E-state index < -0.39 is 16.6 Å². The molecule has 3 N–H and O–H groups in total. The van der Waals surface area contributed by atoms with Crippen molar-refractivity contribution >= 4 is 39.1 Å². The van der Waals surface area contributed by atoms with Crippen LogP contribution in [0.3, 0.4) is 0 Å². The third kappa shape index (κ3) is 2.91. The fourth-order valence-corrected chi connectivity index (χ4v) is 3.20. The molecule has 1 aromatic heterocycles. The first kappa shape index (κ1) is 14.0. The monoisotopic (exact) mass is 323 g/mol. The number of anilines is 1. The summed E-state index contributed by atoms with van der Waals surface area (Å²) >= 11 is 5.69. The van der Waals surface area contributed by atoms with Crippen LogP contribution in [0.1, 0.15) is 5.56 Å². The van der Waals surface area contributed by atoms with Gasteiger partial charge >= 0.3 is 0 Å². The predicted octanol–water partition coefficient (Wildman–Crippen LogP) is 3.25. The van der Waals surface area contributed by atoms with E-state index in [4.69, 9.17) is 17.3 Å². The van der Waals surface area contributed by atoms with Gasteiger partial charge in [0.2, 0.25) is 0 Å². The van der Waals surface area contributed by atoms with Crippen LogP contribution in [0.15, 0.2) is 41.6 Å². The molecule has 0 saturated heterocycles. The van der Waals surface area contributed by atoms with Gasteiger partial charge in [0.05, 0.1) is 27.6 Å². The van der Waals surface area contributed by atoms with E-state index in [-0.39, 0.29) is 5.75 Å². The molecule has 2 aromatic carbocycles. The lowest BCUT2D eigenvalue weighted by molar-refractivity contribution is 0.615. The van der Waals surface area contributed by atoms with Crippen molar-refractivity contribution in [3.8, 4) is 0 Å². The van der Waals surface area contributed by atoms with Gasteiger partial charge in [-0.1, -0.05) is 17.7 Å². The van der Waals surface area contributed by atoms with Gasteiger partial charge in [0.15, 0.2) is 5.16 Å². The van der Waals surface area contributed by atoms with Gasteiger partial charge in [0, 0.05) is 16.3 Å². The number of nitrogens with zero attached hydrogens (tertiary/aromatic N) is 1. The third-order valence-electron chi connectivity index (χ3n) is 3.00. The Morgan fingerprint density at radius 3 is 2.86 bits per heavy atom. The summed E-state index contributed by atoms with van der Waals surface area (Å²) in [7, 11) is -1.48. The highest BCUT2D eigenvalue weighted by Gasteiger charge is 2.13. The summed E-state index contributed by atoms with van der Waals surface area (Å²) in [5.41, 5.74) is 7.98. The Balaban J connectivity index is 1.89. The molecule has 0 aliphatic carbocycles. The maximum absolute atomic E-state index is 13.7. The molecule has 3 rings (SSSR count). The molecule has 7 heteroatoms. The number of hydrogen-bond acceptors (Lipinski definition) is 3. The number of aromatic amines is 1. The summed E-state index contributed by atoms with van der Waals surface area (Å²) in [6.45, 7) is 0. The van der Waals surface area contributed by atoms with Crippen molar-refractivity contribution in [1.82, 2.24) is 9.97 Å². The molecule has 1 heterocycles. The molecule has 0 saturated carbocycles. The van der Waals surface area contributed by atoms with Crippen LogP contribution < -0.4 is 5.73 Å². The minimum Gasteiger partial charge on any atom is -0.399 e. The van der Waals surface area contributed by atoms with Crippen molar-refractivity contribution in [3.63, 3.8) is 0 Å². The molecule has 0 bridgehead atoms. The Hall–Kier alpha value is -1.92. The first-order chi connectivity index (χ1) is 10.0. The molecule has 0 amide bonds. The lowest BCUT2D eigenvalue weighted by Crippen LogP contribution is -2.00. The van der Waals surface area contributed by atoms with Crippen molar-refractivity contribution in [3.05, 3.63) is 52.8 Å². The van der Waals surface area contributed by atoms with E-state index in [0.717, 1.165) is 0 Å². The van der Waals surface area contributed by atoms with Crippen LogP contribution in [0.5, 0.6) is 0 Å². The second-order valence-corrected chi connectivity index (χ2v) is 6.35. The summed E-state index contributed by atoms with van der Waals surface area (Å²) in [5.74, 6) is -0.450. The van der Waals surface area contributed by atoms with Crippen LogP contribution in [-0.4, -0.2) is 14.2 Å². The lowest BCUT2D eigenvalue weighted by atomic mass is 10.2. The molecule has 108 valence electrons. The molecular weight excluding hydrogens is 313 g/mol. The van der Waals surface area contributed by atoms with E-state index in [1.807, 2.05) is 0 Å². The lowest BCUT2D eigenvalue weighted by Gasteiger charge is -2.02. The average Bonchev–Trinajstić information content (AvgIpc) is 2.85. The molecule has 0 spiro atoms. The first-order valence-corrected chi connectivity index (χ1v) is 7.80. The number of benzene rings is 2. The van der Waals surface area contributed by atoms with Gasteiger partial charge in [-0.2, -0.15) is 0 Å². The van der Waals surface area contributed by atoms with Crippen LogP contribution in [-0.2, 0) is 16.6 Å². The van der Waals surface area contributed by atoms with Crippen molar-refractivity contribution < 1.29 is 8.60 Å². The number of halogens is 2. The second kappa shape index (κ2) is 5.46. The minimum absolute atomic E-state index is 0.0261. The highest BCUT2D eigenvalue weighted by atomic mass is 35.5. The van der Waals surface area contributed by atoms with E-state index in [1.165, 1.54) is 12.1 Å². The summed E-state index contributed by atoms with van der Waals surface area (Å²) in [4.78, 5) is 7.18. The van der Waals surface area contributed by atoms with Gasteiger partial charge in [-0.05, 0) is 30.3 Å². The van der Waals surface area contributed by atoms with Crippen molar-refractivity contribution in [1.29, 1.82) is 0 Å². The number of nitrogen functional groups attached to an aromatic ring is 1. The normalized spacial score (nSPS) is 12.7. The predicted molar refractivity (Wildman–Crippen MR) is 82.0 cm³/mol. The van der Waals surface area contributed by atoms with E-state index in [1.54, 1.807) is 24.3 Å². The Bertz CT molecular complexity index is 849. The molecule has 1 atom stereocenters. The zero-order chi connectivity index (χ0) is 15.0. The molecule has 1 unspecified atom stereocenters.